The highest BCUT2D eigenvalue weighted by Gasteiger charge is 2.20. The van der Waals surface area contributed by atoms with E-state index in [0.717, 1.165) is 16.3 Å². The summed E-state index contributed by atoms with van der Waals surface area (Å²) >= 11 is 6.19. The van der Waals surface area contributed by atoms with Gasteiger partial charge in [-0.05, 0) is 24.3 Å². The van der Waals surface area contributed by atoms with Crippen molar-refractivity contribution in [3.8, 4) is 11.3 Å². The number of rotatable bonds is 3. The van der Waals surface area contributed by atoms with E-state index in [0.29, 0.717) is 27.6 Å². The molecule has 1 aromatic heterocycles. The maximum Gasteiger partial charge on any atom is 0.673 e. The highest BCUT2D eigenvalue weighted by atomic mass is 35.5. The SMILES string of the molecule is F[B-](F)(F)F.NC(=O)c1ccccc1[NH+]=c1cc(-c2ccccc2)oc2ccc(Cl)cc12. The Labute approximate surface area is 185 Å². The molecule has 4 rings (SSSR count). The minimum Gasteiger partial charge on any atom is -0.456 e. The molecule has 0 radical (unpaired) electrons. The molecule has 0 unspecified atom stereocenters. The number of hydrogen-bond acceptors (Lipinski definition) is 2. The molecule has 4 aromatic rings. The van der Waals surface area contributed by atoms with Crippen molar-refractivity contribution < 1.29 is 31.5 Å². The molecule has 10 heteroatoms. The Bertz CT molecular complexity index is 1320. The van der Waals surface area contributed by atoms with E-state index in [1.165, 1.54) is 0 Å². The number of carbonyl (C=O) groups excluding carboxylic acids is 1. The van der Waals surface area contributed by atoms with E-state index in [1.54, 1.807) is 18.2 Å². The molecular weight excluding hydrogens is 447 g/mol. The summed E-state index contributed by atoms with van der Waals surface area (Å²) < 4.78 is 45.1. The molecule has 0 aliphatic heterocycles. The summed E-state index contributed by atoms with van der Waals surface area (Å²) in [6.45, 7) is 0. The molecule has 0 fully saturated rings. The van der Waals surface area contributed by atoms with E-state index in [-0.39, 0.29) is 0 Å². The minimum absolute atomic E-state index is 0.412. The molecule has 3 N–H and O–H groups in total. The Morgan fingerprint density at radius 1 is 0.906 bits per heavy atom. The second-order valence-electron chi connectivity index (χ2n) is 6.56. The van der Waals surface area contributed by atoms with Gasteiger partial charge in [0.2, 0.25) is 11.0 Å². The van der Waals surface area contributed by atoms with E-state index >= 15 is 0 Å². The fraction of sp³-hybridized carbons (Fsp3) is 0. The first-order valence-electron chi connectivity index (χ1n) is 9.27. The highest BCUT2D eigenvalue weighted by Crippen LogP contribution is 2.23. The molecule has 164 valence electrons. The number of para-hydroxylation sites is 1. The topological polar surface area (TPSA) is 70.2 Å². The van der Waals surface area contributed by atoms with Gasteiger partial charge in [-0.2, -0.15) is 0 Å². The van der Waals surface area contributed by atoms with Crippen molar-refractivity contribution in [1.82, 2.24) is 0 Å². The molecule has 1 heterocycles. The van der Waals surface area contributed by atoms with Gasteiger partial charge in [0.05, 0.1) is 11.5 Å². The van der Waals surface area contributed by atoms with Crippen LogP contribution in [0.4, 0.5) is 23.0 Å². The third-order valence-electron chi connectivity index (χ3n) is 4.25. The Morgan fingerprint density at radius 3 is 2.19 bits per heavy atom. The Morgan fingerprint density at radius 2 is 1.53 bits per heavy atom. The van der Waals surface area contributed by atoms with Crippen molar-refractivity contribution in [3.63, 3.8) is 0 Å². The monoisotopic (exact) mass is 462 g/mol. The molecular formula is C22H16BClF4N2O2. The first kappa shape index (κ1) is 23.1. The first-order chi connectivity index (χ1) is 15.1. The molecule has 0 aliphatic rings. The van der Waals surface area contributed by atoms with Crippen LogP contribution in [0.1, 0.15) is 10.4 Å². The number of hydrogen-bond donors (Lipinski definition) is 2. The summed E-state index contributed by atoms with van der Waals surface area (Å²) in [5.41, 5.74) is 8.17. The number of primary amides is 1. The predicted molar refractivity (Wildman–Crippen MR) is 116 cm³/mol. The highest BCUT2D eigenvalue weighted by molar-refractivity contribution is 6.50. The fourth-order valence-corrected chi connectivity index (χ4v) is 3.13. The summed E-state index contributed by atoms with van der Waals surface area (Å²) in [6.07, 6.45) is 0. The zero-order valence-electron chi connectivity index (χ0n) is 16.4. The number of fused-ring (bicyclic) bond motifs is 1. The largest absolute Gasteiger partial charge is 0.673 e. The second-order valence-corrected chi connectivity index (χ2v) is 7.00. The maximum absolute atomic E-state index is 11.8. The third-order valence-corrected chi connectivity index (χ3v) is 4.48. The molecule has 4 nitrogen and oxygen atoms in total. The van der Waals surface area contributed by atoms with Crippen molar-refractivity contribution in [2.24, 2.45) is 5.73 Å². The van der Waals surface area contributed by atoms with Crippen molar-refractivity contribution in [2.75, 3.05) is 0 Å². The molecule has 0 atom stereocenters. The van der Waals surface area contributed by atoms with Crippen LogP contribution < -0.4 is 16.1 Å². The summed E-state index contributed by atoms with van der Waals surface area (Å²) in [6, 6.07) is 24.2. The van der Waals surface area contributed by atoms with Crippen molar-refractivity contribution in [1.29, 1.82) is 0 Å². The van der Waals surface area contributed by atoms with Gasteiger partial charge in [0.15, 0.2) is 0 Å². The zero-order chi connectivity index (χ0) is 23.3. The molecule has 0 aliphatic carbocycles. The van der Waals surface area contributed by atoms with Crippen molar-refractivity contribution in [3.05, 3.63) is 94.8 Å². The first-order valence-corrected chi connectivity index (χ1v) is 9.64. The van der Waals surface area contributed by atoms with Gasteiger partial charge in [0.1, 0.15) is 16.9 Å². The predicted octanol–water partition coefficient (Wildman–Crippen LogP) is 4.47. The van der Waals surface area contributed by atoms with Gasteiger partial charge in [-0.25, -0.2) is 4.99 Å². The normalized spacial score (nSPS) is 11.7. The van der Waals surface area contributed by atoms with Crippen LogP contribution in [0.2, 0.25) is 5.02 Å². The quantitative estimate of drug-likeness (QED) is 0.348. The lowest BCUT2D eigenvalue weighted by Crippen LogP contribution is -2.71. The number of carbonyl (C=O) groups is 1. The van der Waals surface area contributed by atoms with Crippen LogP contribution in [0.5, 0.6) is 0 Å². The standard InChI is InChI=1S/C22H15ClN2O2.BF4/c23-15-10-11-20-17(12-15)19(13-21(27-20)14-6-2-1-3-7-14)25-18-9-5-4-8-16(18)22(24)26;2-1(3,4)5/h1-13H,(H2,24,26);/q;-1/p+1. The number of amides is 1. The minimum atomic E-state index is -6.00. The number of nitrogens with two attached hydrogens (primary N) is 1. The molecule has 0 spiro atoms. The molecule has 32 heavy (non-hydrogen) atoms. The number of benzene rings is 3. The van der Waals surface area contributed by atoms with Gasteiger partial charge in [0.25, 0.3) is 5.91 Å². The van der Waals surface area contributed by atoms with E-state index < -0.39 is 13.2 Å². The van der Waals surface area contributed by atoms with Crippen LogP contribution in [0, 0.1) is 0 Å². The van der Waals surface area contributed by atoms with Crippen molar-refractivity contribution >= 4 is 41.4 Å². The van der Waals surface area contributed by atoms with Crippen LogP contribution in [-0.4, -0.2) is 13.2 Å². The molecule has 0 saturated carbocycles. The van der Waals surface area contributed by atoms with Gasteiger partial charge in [-0.15, -0.1) is 0 Å². The Hall–Kier alpha value is -3.59. The molecule has 0 bridgehead atoms. The molecule has 3 aromatic carbocycles. The van der Waals surface area contributed by atoms with Crippen LogP contribution in [0.3, 0.4) is 0 Å². The average Bonchev–Trinajstić information content (AvgIpc) is 2.73. The van der Waals surface area contributed by atoms with E-state index in [9.17, 15) is 22.1 Å². The lowest BCUT2D eigenvalue weighted by Gasteiger charge is -2.03. The Kier molecular flexibility index (Phi) is 7.00. The lowest BCUT2D eigenvalue weighted by molar-refractivity contribution is -0.401. The zero-order valence-corrected chi connectivity index (χ0v) is 17.1. The number of nitrogens with one attached hydrogen (secondary N) is 1. The van der Waals surface area contributed by atoms with Gasteiger partial charge < -0.3 is 27.4 Å². The summed E-state index contributed by atoms with van der Waals surface area (Å²) in [7, 11) is -6.00. The van der Waals surface area contributed by atoms with Gasteiger partial charge in [-0.3, -0.25) is 4.79 Å². The lowest BCUT2D eigenvalue weighted by atomic mass is 10.1. The van der Waals surface area contributed by atoms with Crippen molar-refractivity contribution in [2.45, 2.75) is 0 Å². The van der Waals surface area contributed by atoms with Gasteiger partial charge in [-0.1, -0.05) is 54.1 Å². The third kappa shape index (κ3) is 6.21. The van der Waals surface area contributed by atoms with Gasteiger partial charge in [0, 0.05) is 16.7 Å². The average molecular weight is 463 g/mol. The maximum atomic E-state index is 11.8. The fourth-order valence-electron chi connectivity index (χ4n) is 2.96. The summed E-state index contributed by atoms with van der Waals surface area (Å²) in [4.78, 5) is 15.1. The number of halogens is 5. The Balaban J connectivity index is 0.000000523. The summed E-state index contributed by atoms with van der Waals surface area (Å²) in [5, 5.41) is 2.17. The van der Waals surface area contributed by atoms with Gasteiger partial charge >= 0.3 is 7.25 Å². The summed E-state index contributed by atoms with van der Waals surface area (Å²) in [5.74, 6) is 0.203. The van der Waals surface area contributed by atoms with E-state index in [4.69, 9.17) is 21.8 Å². The van der Waals surface area contributed by atoms with Crippen LogP contribution >= 0.6 is 11.6 Å². The van der Waals surface area contributed by atoms with Crippen LogP contribution in [0.15, 0.2) is 83.3 Å². The van der Waals surface area contributed by atoms with E-state index in [1.807, 2.05) is 60.7 Å². The van der Waals surface area contributed by atoms with Crippen LogP contribution in [0.25, 0.3) is 22.3 Å². The molecule has 0 saturated heterocycles. The molecule has 1 amide bonds. The van der Waals surface area contributed by atoms with Crippen LogP contribution in [-0.2, 0) is 0 Å². The van der Waals surface area contributed by atoms with E-state index in [2.05, 4.69) is 4.99 Å². The second kappa shape index (κ2) is 9.70. The smallest absolute Gasteiger partial charge is 0.456 e.